The van der Waals surface area contributed by atoms with E-state index in [1.54, 1.807) is 18.2 Å². The van der Waals surface area contributed by atoms with E-state index in [2.05, 4.69) is 0 Å². The monoisotopic (exact) mass is 463 g/mol. The molecule has 4 aromatic rings. The average molecular weight is 464 g/mol. The number of ether oxygens (including phenoxy) is 3. The largest absolute Gasteiger partial charge is 0.481 e. The van der Waals surface area contributed by atoms with Gasteiger partial charge in [0.05, 0.1) is 5.39 Å². The molecule has 0 saturated heterocycles. The molecule has 168 valence electrons. The van der Waals surface area contributed by atoms with Crippen LogP contribution in [0.3, 0.4) is 0 Å². The van der Waals surface area contributed by atoms with Crippen LogP contribution in [-0.2, 0) is 22.5 Å². The minimum Gasteiger partial charge on any atom is -0.481 e. The molecule has 3 aromatic carbocycles. The van der Waals surface area contributed by atoms with Crippen LogP contribution in [0.25, 0.3) is 16.7 Å². The van der Waals surface area contributed by atoms with E-state index in [-0.39, 0.29) is 36.0 Å². The van der Waals surface area contributed by atoms with E-state index in [1.165, 1.54) is 6.26 Å². The summed E-state index contributed by atoms with van der Waals surface area (Å²) in [5.74, 6) is 0.561. The molecule has 1 unspecified atom stereocenters. The number of anilines is 1. The Hall–Kier alpha value is -3.90. The van der Waals surface area contributed by atoms with Gasteiger partial charge in [-0.05, 0) is 29.3 Å². The van der Waals surface area contributed by atoms with E-state index in [1.807, 2.05) is 60.7 Å². The Kier molecular flexibility index (Phi) is 6.56. The maximum absolute atomic E-state index is 13.3. The lowest BCUT2D eigenvalue weighted by atomic mass is 10.1. The molecule has 1 aromatic heterocycles. The van der Waals surface area contributed by atoms with E-state index >= 15 is 0 Å². The van der Waals surface area contributed by atoms with Gasteiger partial charge in [-0.2, -0.15) is 0 Å². The lowest BCUT2D eigenvalue weighted by molar-refractivity contribution is -0.0146. The molecule has 33 heavy (non-hydrogen) atoms. The Morgan fingerprint density at radius 2 is 1.61 bits per heavy atom. The molecule has 0 radical (unpaired) electrons. The third kappa shape index (κ3) is 4.81. The van der Waals surface area contributed by atoms with Crippen molar-refractivity contribution in [1.82, 2.24) is 0 Å². The van der Waals surface area contributed by atoms with Gasteiger partial charge >= 0.3 is 0 Å². The van der Waals surface area contributed by atoms with Gasteiger partial charge in [0.2, 0.25) is 29.0 Å². The van der Waals surface area contributed by atoms with E-state index < -0.39 is 6.29 Å². The Bertz CT molecular complexity index is 1340. The van der Waals surface area contributed by atoms with Gasteiger partial charge < -0.3 is 24.4 Å². The highest BCUT2D eigenvalue weighted by Crippen LogP contribution is 2.33. The average Bonchev–Trinajstić information content (AvgIpc) is 3.28. The fourth-order valence-electron chi connectivity index (χ4n) is 3.56. The molecular formula is C26H22ClNO5. The summed E-state index contributed by atoms with van der Waals surface area (Å²) in [5, 5.41) is 0.345. The number of rotatable bonds is 6. The van der Waals surface area contributed by atoms with Crippen LogP contribution in [-0.4, -0.2) is 6.29 Å². The summed E-state index contributed by atoms with van der Waals surface area (Å²) in [6, 6.07) is 24.4. The van der Waals surface area contributed by atoms with Gasteiger partial charge in [-0.3, -0.25) is 4.79 Å². The first-order chi connectivity index (χ1) is 15.7. The van der Waals surface area contributed by atoms with Crippen LogP contribution in [0, 0.1) is 0 Å². The Balaban J connectivity index is 0.00000259. The second-order valence-corrected chi connectivity index (χ2v) is 7.47. The minimum atomic E-state index is -0.526. The number of hydrogen-bond acceptors (Lipinski definition) is 6. The lowest BCUT2D eigenvalue weighted by Crippen LogP contribution is -2.14. The molecule has 5 rings (SSSR count). The van der Waals surface area contributed by atoms with Crippen molar-refractivity contribution >= 4 is 34.8 Å². The summed E-state index contributed by atoms with van der Waals surface area (Å²) < 4.78 is 23.7. The molecule has 1 atom stereocenters. The van der Waals surface area contributed by atoms with Crippen LogP contribution in [0.15, 0.2) is 94.3 Å². The normalized spacial score (nSPS) is 14.7. The van der Waals surface area contributed by atoms with Crippen LogP contribution in [0.4, 0.5) is 5.69 Å². The van der Waals surface area contributed by atoms with Crippen molar-refractivity contribution in [3.63, 3.8) is 0 Å². The fourth-order valence-corrected chi connectivity index (χ4v) is 3.56. The quantitative estimate of drug-likeness (QED) is 0.391. The zero-order chi connectivity index (χ0) is 21.9. The van der Waals surface area contributed by atoms with Gasteiger partial charge in [0.25, 0.3) is 0 Å². The zero-order valence-corrected chi connectivity index (χ0v) is 18.4. The zero-order valence-electron chi connectivity index (χ0n) is 17.6. The van der Waals surface area contributed by atoms with Gasteiger partial charge in [-0.1, -0.05) is 60.7 Å². The third-order valence-electron chi connectivity index (χ3n) is 5.15. The Labute approximate surface area is 196 Å². The smallest absolute Gasteiger partial charge is 0.244 e. The first-order valence-electron chi connectivity index (χ1n) is 10.3. The Morgan fingerprint density at radius 3 is 2.33 bits per heavy atom. The van der Waals surface area contributed by atoms with Crippen LogP contribution in [0.1, 0.15) is 16.9 Å². The maximum Gasteiger partial charge on any atom is 0.244 e. The number of nitrogen functional groups attached to an aromatic ring is 1. The van der Waals surface area contributed by atoms with Crippen molar-refractivity contribution in [2.75, 3.05) is 5.73 Å². The first-order valence-corrected chi connectivity index (χ1v) is 10.3. The van der Waals surface area contributed by atoms with Gasteiger partial charge in [0, 0.05) is 12.1 Å². The van der Waals surface area contributed by atoms with Crippen molar-refractivity contribution in [3.05, 3.63) is 112 Å². The van der Waals surface area contributed by atoms with Gasteiger partial charge in [0.1, 0.15) is 18.5 Å². The second kappa shape index (κ2) is 9.71. The highest BCUT2D eigenvalue weighted by Gasteiger charge is 2.28. The predicted octanol–water partition coefficient (Wildman–Crippen LogP) is 5.29. The van der Waals surface area contributed by atoms with Gasteiger partial charge in [0.15, 0.2) is 0 Å². The van der Waals surface area contributed by atoms with Crippen molar-refractivity contribution in [2.45, 2.75) is 19.3 Å². The van der Waals surface area contributed by atoms with E-state index in [9.17, 15) is 4.79 Å². The second-order valence-electron chi connectivity index (χ2n) is 7.47. The van der Waals surface area contributed by atoms with Gasteiger partial charge in [-0.15, -0.1) is 12.4 Å². The van der Waals surface area contributed by atoms with E-state index in [4.69, 9.17) is 24.4 Å². The van der Waals surface area contributed by atoms with Crippen molar-refractivity contribution in [1.29, 1.82) is 0 Å². The van der Waals surface area contributed by atoms with Crippen LogP contribution in [0.5, 0.6) is 5.75 Å². The lowest BCUT2D eigenvalue weighted by Gasteiger charge is -2.14. The minimum absolute atomic E-state index is 0. The van der Waals surface area contributed by atoms with E-state index in [0.29, 0.717) is 28.8 Å². The fraction of sp³-hybridized carbons (Fsp3) is 0.115. The van der Waals surface area contributed by atoms with Crippen LogP contribution >= 0.6 is 12.4 Å². The summed E-state index contributed by atoms with van der Waals surface area (Å²) in [5.41, 5.74) is 8.41. The molecule has 0 amide bonds. The predicted molar refractivity (Wildman–Crippen MR) is 129 cm³/mol. The number of nitrogens with two attached hydrogens (primary N) is 1. The summed E-state index contributed by atoms with van der Waals surface area (Å²) in [4.78, 5) is 13.3. The maximum atomic E-state index is 13.3. The van der Waals surface area contributed by atoms with Crippen molar-refractivity contribution in [3.8, 4) is 5.75 Å². The molecule has 2 heterocycles. The molecule has 0 saturated carbocycles. The highest BCUT2D eigenvalue weighted by atomic mass is 35.5. The number of hydrogen-bond donors (Lipinski definition) is 1. The number of halogens is 1. The molecule has 0 fully saturated rings. The SMILES string of the molecule is Cl.Nc1ccc2oc(C3=COC(Cc4ccccc4)O3)c(OCc3ccccc3)c(=O)c2c1. The summed E-state index contributed by atoms with van der Waals surface area (Å²) in [6.07, 6.45) is 1.49. The molecule has 0 aliphatic carbocycles. The van der Waals surface area contributed by atoms with Gasteiger partial charge in [-0.25, -0.2) is 0 Å². The molecule has 2 N–H and O–H groups in total. The highest BCUT2D eigenvalue weighted by molar-refractivity contribution is 5.85. The first kappa shape index (κ1) is 22.3. The topological polar surface area (TPSA) is 83.9 Å². The standard InChI is InChI=1S/C26H21NO5.ClH/c27-19-11-12-21-20(14-19)24(28)26(30-15-18-9-5-2-6-10-18)25(32-21)22-16-29-23(31-22)13-17-7-3-1-4-8-17;/h1-12,14,16,23H,13,15,27H2;1H. The van der Waals surface area contributed by atoms with Crippen molar-refractivity contribution in [2.24, 2.45) is 0 Å². The molecule has 0 bridgehead atoms. The Morgan fingerprint density at radius 1 is 0.909 bits per heavy atom. The molecule has 6 nitrogen and oxygen atoms in total. The summed E-state index contributed by atoms with van der Waals surface area (Å²) in [7, 11) is 0. The van der Waals surface area contributed by atoms with Crippen LogP contribution in [0.2, 0.25) is 0 Å². The molecule has 1 aliphatic heterocycles. The molecule has 1 aliphatic rings. The summed E-state index contributed by atoms with van der Waals surface area (Å²) in [6.45, 7) is 0.202. The number of benzene rings is 3. The van der Waals surface area contributed by atoms with Crippen molar-refractivity contribution < 1.29 is 18.6 Å². The third-order valence-corrected chi connectivity index (χ3v) is 5.15. The molecule has 7 heteroatoms. The van der Waals surface area contributed by atoms with E-state index in [0.717, 1.165) is 11.1 Å². The summed E-state index contributed by atoms with van der Waals surface area (Å²) >= 11 is 0. The number of fused-ring (bicyclic) bond motifs is 1. The molecule has 0 spiro atoms. The molecular weight excluding hydrogens is 442 g/mol. The van der Waals surface area contributed by atoms with Crippen LogP contribution < -0.4 is 15.9 Å².